The lowest BCUT2D eigenvalue weighted by Gasteiger charge is -2.32. The summed E-state index contributed by atoms with van der Waals surface area (Å²) in [5.74, 6) is -7.69. The molecule has 3 N–H and O–H groups in total. The molecule has 8 nitrogen and oxygen atoms in total. The van der Waals surface area contributed by atoms with Crippen molar-refractivity contribution in [2.75, 3.05) is 13.1 Å². The van der Waals surface area contributed by atoms with Crippen LogP contribution in [0.1, 0.15) is 35.8 Å². The molecule has 1 amide bonds. The number of aromatic nitrogens is 2. The second kappa shape index (κ2) is 8.70. The Balaban J connectivity index is 1.57. The quantitative estimate of drug-likeness (QED) is 0.499. The zero-order chi connectivity index (χ0) is 25.0. The van der Waals surface area contributed by atoms with Crippen LogP contribution in [0.3, 0.4) is 0 Å². The third kappa shape index (κ3) is 4.88. The minimum atomic E-state index is -5.59. The summed E-state index contributed by atoms with van der Waals surface area (Å²) in [6.45, 7) is 2.13. The summed E-state index contributed by atoms with van der Waals surface area (Å²) in [7, 11) is 0. The smallest absolute Gasteiger partial charge is 0.402 e. The first-order chi connectivity index (χ1) is 15.8. The monoisotopic (exact) mass is 497 g/mol. The van der Waals surface area contributed by atoms with Crippen molar-refractivity contribution in [2.24, 2.45) is 17.8 Å². The number of nitrogens with zero attached hydrogens (tertiary/aromatic N) is 3. The molecule has 14 heteroatoms. The van der Waals surface area contributed by atoms with Crippen LogP contribution in [-0.2, 0) is 17.9 Å². The Kier molecular flexibility index (Phi) is 6.34. The molecule has 4 rings (SSSR count). The van der Waals surface area contributed by atoms with E-state index in [1.807, 2.05) is 6.92 Å². The molecular formula is C20H25F6N5O3. The van der Waals surface area contributed by atoms with Gasteiger partial charge in [0.15, 0.2) is 11.6 Å². The average Bonchev–Trinajstić information content (AvgIpc) is 3.13. The zero-order valence-corrected chi connectivity index (χ0v) is 18.2. The lowest BCUT2D eigenvalue weighted by molar-refractivity contribution is -0.293. The summed E-state index contributed by atoms with van der Waals surface area (Å²) in [5.41, 5.74) is 0.637. The molecule has 190 valence electrons. The fraction of sp³-hybridized carbons (Fsp3) is 0.750. The first kappa shape index (κ1) is 24.8. The summed E-state index contributed by atoms with van der Waals surface area (Å²) in [6.07, 6.45) is -7.84. The Morgan fingerprint density at radius 2 is 1.79 bits per heavy atom. The minimum Gasteiger partial charge on any atom is -0.480 e. The van der Waals surface area contributed by atoms with Crippen LogP contribution < -0.4 is 10.6 Å². The highest BCUT2D eigenvalue weighted by molar-refractivity contribution is 5.94. The van der Waals surface area contributed by atoms with Gasteiger partial charge in [-0.1, -0.05) is 0 Å². The first-order valence-corrected chi connectivity index (χ1v) is 11.0. The van der Waals surface area contributed by atoms with Crippen molar-refractivity contribution in [2.45, 2.75) is 63.3 Å². The summed E-state index contributed by atoms with van der Waals surface area (Å²) in [5, 5.41) is 18.7. The maximum atomic E-state index is 13.4. The lowest BCUT2D eigenvalue weighted by atomic mass is 9.84. The van der Waals surface area contributed by atoms with Gasteiger partial charge in [-0.2, -0.15) is 31.4 Å². The number of carboxylic acids is 1. The second-order valence-corrected chi connectivity index (χ2v) is 9.20. The number of alkyl halides is 6. The highest BCUT2D eigenvalue weighted by atomic mass is 19.4. The van der Waals surface area contributed by atoms with Gasteiger partial charge in [-0.05, 0) is 25.7 Å². The van der Waals surface area contributed by atoms with E-state index in [0.717, 1.165) is 12.8 Å². The van der Waals surface area contributed by atoms with E-state index < -0.39 is 48.2 Å². The topological polar surface area (TPSA) is 99.5 Å². The molecule has 4 unspecified atom stereocenters. The van der Waals surface area contributed by atoms with Gasteiger partial charge >= 0.3 is 18.3 Å². The molecule has 0 aromatic carbocycles. The zero-order valence-electron chi connectivity index (χ0n) is 18.2. The number of hydrogen-bond donors (Lipinski definition) is 3. The van der Waals surface area contributed by atoms with Crippen LogP contribution in [0.25, 0.3) is 0 Å². The number of hydrogen-bond acceptors (Lipinski definition) is 5. The van der Waals surface area contributed by atoms with Gasteiger partial charge in [0, 0.05) is 55.9 Å². The molecule has 3 aliphatic rings. The van der Waals surface area contributed by atoms with Crippen molar-refractivity contribution in [1.82, 2.24) is 25.3 Å². The number of halogens is 6. The van der Waals surface area contributed by atoms with E-state index in [1.54, 1.807) is 11.1 Å². The van der Waals surface area contributed by atoms with Crippen LogP contribution in [-0.4, -0.2) is 75.2 Å². The fourth-order valence-corrected chi connectivity index (χ4v) is 5.10. The predicted molar refractivity (Wildman–Crippen MR) is 105 cm³/mol. The van der Waals surface area contributed by atoms with Gasteiger partial charge in [0.1, 0.15) is 6.04 Å². The van der Waals surface area contributed by atoms with Crippen LogP contribution in [0.15, 0.2) is 6.20 Å². The van der Waals surface area contributed by atoms with Gasteiger partial charge in [-0.15, -0.1) is 0 Å². The Morgan fingerprint density at radius 1 is 1.18 bits per heavy atom. The van der Waals surface area contributed by atoms with Crippen molar-refractivity contribution in [3.8, 4) is 0 Å². The molecule has 0 spiro atoms. The highest BCUT2D eigenvalue weighted by Crippen LogP contribution is 2.48. The molecular weight excluding hydrogens is 472 g/mol. The third-order valence-electron chi connectivity index (χ3n) is 6.76. The lowest BCUT2D eigenvalue weighted by Crippen LogP contribution is -2.53. The summed E-state index contributed by atoms with van der Waals surface area (Å²) >= 11 is 0. The van der Waals surface area contributed by atoms with Crippen molar-refractivity contribution in [1.29, 1.82) is 0 Å². The van der Waals surface area contributed by atoms with E-state index >= 15 is 0 Å². The number of amides is 1. The Morgan fingerprint density at radius 3 is 2.32 bits per heavy atom. The van der Waals surface area contributed by atoms with Crippen molar-refractivity contribution < 1.29 is 41.0 Å². The molecule has 1 aromatic heterocycles. The molecule has 3 heterocycles. The maximum Gasteiger partial charge on any atom is 0.402 e. The summed E-state index contributed by atoms with van der Waals surface area (Å²) in [6, 6.07) is -3.58. The molecule has 1 aliphatic carbocycles. The second-order valence-electron chi connectivity index (χ2n) is 9.20. The largest absolute Gasteiger partial charge is 0.480 e. The molecule has 34 heavy (non-hydrogen) atoms. The molecule has 4 atom stereocenters. The van der Waals surface area contributed by atoms with Gasteiger partial charge in [0.05, 0.1) is 0 Å². The van der Waals surface area contributed by atoms with Gasteiger partial charge in [0.2, 0.25) is 0 Å². The number of likely N-dealkylation sites (tertiary alicyclic amines) is 1. The minimum absolute atomic E-state index is 0.0193. The number of aliphatic carboxylic acids is 1. The van der Waals surface area contributed by atoms with E-state index in [-0.39, 0.29) is 37.3 Å². The number of carboxylic acid groups (broad SMARTS) is 1. The Bertz CT molecular complexity index is 930. The normalized spacial score (nSPS) is 27.9. The maximum absolute atomic E-state index is 13.4. The van der Waals surface area contributed by atoms with Crippen LogP contribution in [0.4, 0.5) is 26.3 Å². The van der Waals surface area contributed by atoms with Gasteiger partial charge < -0.3 is 15.7 Å². The van der Waals surface area contributed by atoms with Gasteiger partial charge in [-0.3, -0.25) is 19.2 Å². The number of carbonyl (C=O) groups excluding carboxylic acids is 1. The van der Waals surface area contributed by atoms with Crippen molar-refractivity contribution >= 4 is 11.9 Å². The predicted octanol–water partition coefficient (Wildman–Crippen LogP) is 2.01. The van der Waals surface area contributed by atoms with Gasteiger partial charge in [-0.25, -0.2) is 0 Å². The van der Waals surface area contributed by atoms with E-state index in [0.29, 0.717) is 12.1 Å². The van der Waals surface area contributed by atoms with Gasteiger partial charge in [0.25, 0.3) is 5.91 Å². The number of nitrogens with one attached hydrogen (secondary N) is 2. The van der Waals surface area contributed by atoms with Crippen LogP contribution in [0, 0.1) is 17.8 Å². The number of carbonyl (C=O) groups is 2. The number of rotatable bonds is 7. The van der Waals surface area contributed by atoms with Crippen molar-refractivity contribution in [3.05, 3.63) is 17.5 Å². The average molecular weight is 497 g/mol. The number of aryl methyl sites for hydroxylation is 1. The molecule has 0 bridgehead atoms. The molecule has 1 aromatic rings. The Hall–Kier alpha value is -2.35. The SMILES string of the molecule is CCn1cc(CN2CC3C(C(=O)O)NC(C(C(F)(F)F)C(F)(F)F)C3C2)c(C(=O)NC2CC2)n1. The molecule has 3 fully saturated rings. The molecule has 2 aliphatic heterocycles. The summed E-state index contributed by atoms with van der Waals surface area (Å²) in [4.78, 5) is 25.8. The van der Waals surface area contributed by atoms with Crippen LogP contribution >= 0.6 is 0 Å². The summed E-state index contributed by atoms with van der Waals surface area (Å²) < 4.78 is 82.0. The first-order valence-electron chi connectivity index (χ1n) is 11.0. The number of fused-ring (bicyclic) bond motifs is 1. The fourth-order valence-electron chi connectivity index (χ4n) is 5.10. The van der Waals surface area contributed by atoms with E-state index in [9.17, 15) is 41.0 Å². The molecule has 1 saturated carbocycles. The van der Waals surface area contributed by atoms with E-state index in [2.05, 4.69) is 15.7 Å². The Labute approximate surface area is 190 Å². The van der Waals surface area contributed by atoms with Crippen molar-refractivity contribution in [3.63, 3.8) is 0 Å². The van der Waals surface area contributed by atoms with E-state index in [1.165, 1.54) is 4.68 Å². The van der Waals surface area contributed by atoms with E-state index in [4.69, 9.17) is 0 Å². The third-order valence-corrected chi connectivity index (χ3v) is 6.76. The standard InChI is InChI=1S/C20H25F6N5O3/c1-2-31-6-9(13(29-31)17(32)27-10-3-4-10)5-30-7-11-12(8-30)15(18(33)34)28-14(11)16(19(21,22)23)20(24,25)26/h6,10-12,14-16,28H,2-5,7-8H2,1H3,(H,27,32)(H,33,34). The van der Waals surface area contributed by atoms with Crippen LogP contribution in [0.2, 0.25) is 0 Å². The molecule has 0 radical (unpaired) electrons. The highest BCUT2D eigenvalue weighted by Gasteiger charge is 2.66. The molecule has 2 saturated heterocycles. The van der Waals surface area contributed by atoms with Crippen LogP contribution in [0.5, 0.6) is 0 Å².